The Balaban J connectivity index is 1.75. The number of hydrogen-bond donors (Lipinski definition) is 1. The van der Waals surface area contributed by atoms with Crippen LogP contribution in [0.15, 0.2) is 79.1 Å². The van der Waals surface area contributed by atoms with Crippen LogP contribution in [0, 0.1) is 6.92 Å². The molecule has 1 amide bonds. The van der Waals surface area contributed by atoms with Crippen molar-refractivity contribution >= 4 is 5.91 Å². The fourth-order valence-corrected chi connectivity index (χ4v) is 2.94. The minimum atomic E-state index is -0.227. The third kappa shape index (κ3) is 4.77. The Hall–Kier alpha value is -2.94. The van der Waals surface area contributed by atoms with Gasteiger partial charge in [0, 0.05) is 18.9 Å². The fourth-order valence-electron chi connectivity index (χ4n) is 2.94. The number of amides is 1. The molecule has 0 aliphatic carbocycles. The van der Waals surface area contributed by atoms with Gasteiger partial charge in [0.1, 0.15) is 0 Å². The lowest BCUT2D eigenvalue weighted by atomic mass is 9.91. The molecule has 0 saturated heterocycles. The summed E-state index contributed by atoms with van der Waals surface area (Å²) in [5.74, 6) is -0.188. The Morgan fingerprint density at radius 2 is 1.80 bits per heavy atom. The number of aromatic nitrogens is 1. The zero-order valence-corrected chi connectivity index (χ0v) is 14.4. The molecule has 1 aromatic heterocycles. The van der Waals surface area contributed by atoms with Crippen LogP contribution in [0.2, 0.25) is 0 Å². The minimum absolute atomic E-state index is 0.0385. The molecule has 1 unspecified atom stereocenters. The van der Waals surface area contributed by atoms with E-state index in [1.165, 1.54) is 5.56 Å². The number of hydrogen-bond acceptors (Lipinski definition) is 2. The molecule has 0 aliphatic rings. The standard InChI is InChI=1S/C22H22N2O/c1-17-7-5-8-18(13-17)16-24-22(25)21(20-10-3-2-4-11-20)14-19-9-6-12-23-15-19/h2-13,15,21H,14,16H2,1H3,(H,24,25). The maximum atomic E-state index is 12.9. The number of nitrogens with one attached hydrogen (secondary N) is 1. The molecule has 0 bridgehead atoms. The van der Waals surface area contributed by atoms with Crippen molar-refractivity contribution in [1.82, 2.24) is 10.3 Å². The van der Waals surface area contributed by atoms with Gasteiger partial charge in [-0.3, -0.25) is 9.78 Å². The second-order valence-electron chi connectivity index (χ2n) is 6.24. The Bertz CT molecular complexity index is 816. The van der Waals surface area contributed by atoms with E-state index in [0.717, 1.165) is 16.7 Å². The van der Waals surface area contributed by atoms with Crippen LogP contribution in [0.25, 0.3) is 0 Å². The highest BCUT2D eigenvalue weighted by atomic mass is 16.1. The molecule has 0 fully saturated rings. The van der Waals surface area contributed by atoms with Crippen LogP contribution in [0.1, 0.15) is 28.2 Å². The summed E-state index contributed by atoms with van der Waals surface area (Å²) in [5.41, 5.74) is 4.39. The van der Waals surface area contributed by atoms with E-state index in [1.807, 2.05) is 60.8 Å². The third-order valence-corrected chi connectivity index (χ3v) is 4.23. The third-order valence-electron chi connectivity index (χ3n) is 4.23. The van der Waals surface area contributed by atoms with Crippen molar-refractivity contribution in [1.29, 1.82) is 0 Å². The molecule has 1 heterocycles. The topological polar surface area (TPSA) is 42.0 Å². The largest absolute Gasteiger partial charge is 0.351 e. The molecule has 126 valence electrons. The number of carbonyl (C=O) groups excluding carboxylic acids is 1. The minimum Gasteiger partial charge on any atom is -0.351 e. The number of nitrogens with zero attached hydrogens (tertiary/aromatic N) is 1. The van der Waals surface area contributed by atoms with Gasteiger partial charge in [-0.2, -0.15) is 0 Å². The van der Waals surface area contributed by atoms with Crippen LogP contribution in [0.3, 0.4) is 0 Å². The quantitative estimate of drug-likeness (QED) is 0.741. The van der Waals surface area contributed by atoms with Crippen LogP contribution in [-0.2, 0) is 17.8 Å². The highest BCUT2D eigenvalue weighted by Gasteiger charge is 2.20. The summed E-state index contributed by atoms with van der Waals surface area (Å²) >= 11 is 0. The van der Waals surface area contributed by atoms with E-state index in [-0.39, 0.29) is 11.8 Å². The lowest BCUT2D eigenvalue weighted by Gasteiger charge is -2.17. The Labute approximate surface area is 148 Å². The molecule has 1 N–H and O–H groups in total. The predicted molar refractivity (Wildman–Crippen MR) is 100 cm³/mol. The molecule has 3 rings (SSSR count). The van der Waals surface area contributed by atoms with Gasteiger partial charge in [0.25, 0.3) is 0 Å². The number of rotatable bonds is 6. The molecule has 3 heteroatoms. The summed E-state index contributed by atoms with van der Waals surface area (Å²) in [4.78, 5) is 17.0. The maximum Gasteiger partial charge on any atom is 0.228 e. The second kappa shape index (κ2) is 8.25. The van der Waals surface area contributed by atoms with Crippen molar-refractivity contribution < 1.29 is 4.79 Å². The Kier molecular flexibility index (Phi) is 5.57. The van der Waals surface area contributed by atoms with Gasteiger partial charge in [-0.05, 0) is 36.1 Å². The second-order valence-corrected chi connectivity index (χ2v) is 6.24. The van der Waals surface area contributed by atoms with Crippen molar-refractivity contribution in [2.45, 2.75) is 25.8 Å². The first-order valence-corrected chi connectivity index (χ1v) is 8.49. The predicted octanol–water partition coefficient (Wildman–Crippen LogP) is 4.03. The summed E-state index contributed by atoms with van der Waals surface area (Å²) in [5, 5.41) is 3.09. The molecule has 0 spiro atoms. The average molecular weight is 330 g/mol. The first-order chi connectivity index (χ1) is 12.2. The van der Waals surface area contributed by atoms with Gasteiger partial charge in [-0.15, -0.1) is 0 Å². The Morgan fingerprint density at radius 1 is 1.00 bits per heavy atom. The lowest BCUT2D eigenvalue weighted by Crippen LogP contribution is -2.30. The molecular weight excluding hydrogens is 308 g/mol. The van der Waals surface area contributed by atoms with Crippen LogP contribution in [0.4, 0.5) is 0 Å². The van der Waals surface area contributed by atoms with Crippen molar-refractivity contribution in [3.63, 3.8) is 0 Å². The zero-order valence-electron chi connectivity index (χ0n) is 14.4. The van der Waals surface area contributed by atoms with Gasteiger partial charge in [0.2, 0.25) is 5.91 Å². The van der Waals surface area contributed by atoms with Gasteiger partial charge >= 0.3 is 0 Å². The van der Waals surface area contributed by atoms with Crippen LogP contribution in [-0.4, -0.2) is 10.9 Å². The highest BCUT2D eigenvalue weighted by Crippen LogP contribution is 2.21. The van der Waals surface area contributed by atoms with Gasteiger partial charge in [0.05, 0.1) is 5.92 Å². The SMILES string of the molecule is Cc1cccc(CNC(=O)C(Cc2cccnc2)c2ccccc2)c1. The molecule has 0 radical (unpaired) electrons. The highest BCUT2D eigenvalue weighted by molar-refractivity contribution is 5.84. The lowest BCUT2D eigenvalue weighted by molar-refractivity contribution is -0.122. The van der Waals surface area contributed by atoms with E-state index in [4.69, 9.17) is 0 Å². The zero-order chi connectivity index (χ0) is 17.5. The monoisotopic (exact) mass is 330 g/mol. The van der Waals surface area contributed by atoms with Crippen molar-refractivity contribution in [2.75, 3.05) is 0 Å². The molecule has 2 aromatic carbocycles. The van der Waals surface area contributed by atoms with Crippen molar-refractivity contribution in [3.8, 4) is 0 Å². The van der Waals surface area contributed by atoms with E-state index >= 15 is 0 Å². The first kappa shape index (κ1) is 16.9. The molecule has 0 saturated carbocycles. The average Bonchev–Trinajstić information content (AvgIpc) is 2.66. The summed E-state index contributed by atoms with van der Waals surface area (Å²) in [6.45, 7) is 2.59. The van der Waals surface area contributed by atoms with Gasteiger partial charge in [0.15, 0.2) is 0 Å². The van der Waals surface area contributed by atoms with E-state index in [1.54, 1.807) is 6.20 Å². The maximum absolute atomic E-state index is 12.9. The Morgan fingerprint density at radius 3 is 2.52 bits per heavy atom. The smallest absolute Gasteiger partial charge is 0.228 e. The summed E-state index contributed by atoms with van der Waals surface area (Å²) < 4.78 is 0. The summed E-state index contributed by atoms with van der Waals surface area (Å²) in [6, 6.07) is 22.0. The first-order valence-electron chi connectivity index (χ1n) is 8.49. The number of benzene rings is 2. The summed E-state index contributed by atoms with van der Waals surface area (Å²) in [6.07, 6.45) is 4.21. The van der Waals surface area contributed by atoms with E-state index in [9.17, 15) is 4.79 Å². The van der Waals surface area contributed by atoms with E-state index in [0.29, 0.717) is 13.0 Å². The van der Waals surface area contributed by atoms with Crippen LogP contribution < -0.4 is 5.32 Å². The molecule has 3 aromatic rings. The van der Waals surface area contributed by atoms with Gasteiger partial charge < -0.3 is 5.32 Å². The molecular formula is C22H22N2O. The van der Waals surface area contributed by atoms with E-state index < -0.39 is 0 Å². The van der Waals surface area contributed by atoms with Gasteiger partial charge in [-0.1, -0.05) is 66.2 Å². The van der Waals surface area contributed by atoms with Crippen LogP contribution >= 0.6 is 0 Å². The van der Waals surface area contributed by atoms with Crippen molar-refractivity contribution in [2.24, 2.45) is 0 Å². The van der Waals surface area contributed by atoms with Crippen LogP contribution in [0.5, 0.6) is 0 Å². The normalized spacial score (nSPS) is 11.7. The molecule has 3 nitrogen and oxygen atoms in total. The molecule has 0 aliphatic heterocycles. The van der Waals surface area contributed by atoms with E-state index in [2.05, 4.69) is 29.4 Å². The number of aryl methyl sites for hydroxylation is 1. The number of carbonyl (C=O) groups is 1. The number of pyridine rings is 1. The molecule has 1 atom stereocenters. The molecule has 25 heavy (non-hydrogen) atoms. The van der Waals surface area contributed by atoms with Crippen molar-refractivity contribution in [3.05, 3.63) is 101 Å². The fraction of sp³-hybridized carbons (Fsp3) is 0.182. The summed E-state index contributed by atoms with van der Waals surface area (Å²) in [7, 11) is 0. The van der Waals surface area contributed by atoms with Gasteiger partial charge in [-0.25, -0.2) is 0 Å².